The number of likely N-dealkylation sites (tertiary alicyclic amines) is 1. The van der Waals surface area contributed by atoms with Gasteiger partial charge in [0.15, 0.2) is 5.78 Å². The van der Waals surface area contributed by atoms with E-state index >= 15 is 0 Å². The van der Waals surface area contributed by atoms with Crippen LogP contribution in [-0.4, -0.2) is 47.2 Å². The second-order valence-electron chi connectivity index (χ2n) is 6.94. The first-order valence-corrected chi connectivity index (χ1v) is 9.52. The molecule has 6 heteroatoms. The molecule has 146 valence electrons. The maximum Gasteiger partial charge on any atom is 0.310 e. The number of ether oxygens (including phenoxy) is 1. The van der Waals surface area contributed by atoms with Crippen LogP contribution in [0.3, 0.4) is 0 Å². The predicted molar refractivity (Wildman–Crippen MR) is 105 cm³/mol. The maximum atomic E-state index is 12.9. The summed E-state index contributed by atoms with van der Waals surface area (Å²) in [7, 11) is 0. The quantitative estimate of drug-likeness (QED) is 0.587. The van der Waals surface area contributed by atoms with Gasteiger partial charge >= 0.3 is 5.97 Å². The zero-order chi connectivity index (χ0) is 20.1. The summed E-state index contributed by atoms with van der Waals surface area (Å²) in [5.74, 6) is -0.635. The van der Waals surface area contributed by atoms with Crippen molar-refractivity contribution in [1.29, 1.82) is 0 Å². The van der Waals surface area contributed by atoms with Crippen molar-refractivity contribution in [2.24, 2.45) is 5.92 Å². The molecule has 1 saturated heterocycles. The number of carbonyl (C=O) groups is 3. The molecule has 6 nitrogen and oxygen atoms in total. The lowest BCUT2D eigenvalue weighted by Gasteiger charge is -2.31. The standard InChI is InChI=1S/C22H24N2O4/c1-3-28-22(27)18-5-4-10-24(14-18)21(26)20-11-19(12-23-13-20)17-8-6-16(7-9-17)15(2)25/h6-9,11-13,18H,3-5,10,14H2,1-2H3. The molecule has 1 aromatic heterocycles. The molecular formula is C22H24N2O4. The van der Waals surface area contributed by atoms with Gasteiger partial charge < -0.3 is 9.64 Å². The number of pyridine rings is 1. The molecule has 28 heavy (non-hydrogen) atoms. The minimum absolute atomic E-state index is 0.00913. The number of aromatic nitrogens is 1. The largest absolute Gasteiger partial charge is 0.466 e. The Hall–Kier alpha value is -3.02. The van der Waals surface area contributed by atoms with E-state index in [0.717, 1.165) is 24.0 Å². The number of hydrogen-bond acceptors (Lipinski definition) is 5. The van der Waals surface area contributed by atoms with Crippen molar-refractivity contribution in [3.05, 3.63) is 53.9 Å². The Balaban J connectivity index is 1.76. The van der Waals surface area contributed by atoms with Gasteiger partial charge in [-0.1, -0.05) is 24.3 Å². The molecule has 0 N–H and O–H groups in total. The van der Waals surface area contributed by atoms with Gasteiger partial charge in [-0.2, -0.15) is 0 Å². The van der Waals surface area contributed by atoms with Gasteiger partial charge in [0.05, 0.1) is 18.1 Å². The van der Waals surface area contributed by atoms with Crippen LogP contribution in [0.5, 0.6) is 0 Å². The van der Waals surface area contributed by atoms with Crippen LogP contribution in [0.1, 0.15) is 47.4 Å². The SMILES string of the molecule is CCOC(=O)C1CCCN(C(=O)c2cncc(-c3ccc(C(C)=O)cc3)c2)C1. The van der Waals surface area contributed by atoms with Gasteiger partial charge in [-0.05, 0) is 38.3 Å². The maximum absolute atomic E-state index is 12.9. The average Bonchev–Trinajstić information content (AvgIpc) is 2.73. The third kappa shape index (κ3) is 4.44. The van der Waals surface area contributed by atoms with Crippen LogP contribution in [0.25, 0.3) is 11.1 Å². The fourth-order valence-corrected chi connectivity index (χ4v) is 3.41. The second kappa shape index (κ2) is 8.78. The Kier molecular flexibility index (Phi) is 6.19. The van der Waals surface area contributed by atoms with E-state index in [9.17, 15) is 14.4 Å². The lowest BCUT2D eigenvalue weighted by Crippen LogP contribution is -2.42. The summed E-state index contributed by atoms with van der Waals surface area (Å²) in [6.45, 7) is 4.64. The van der Waals surface area contributed by atoms with Crippen LogP contribution in [0.2, 0.25) is 0 Å². The third-order valence-corrected chi connectivity index (χ3v) is 4.94. The Morgan fingerprint density at radius 2 is 1.86 bits per heavy atom. The highest BCUT2D eigenvalue weighted by Crippen LogP contribution is 2.23. The fraction of sp³-hybridized carbons (Fsp3) is 0.364. The summed E-state index contributed by atoms with van der Waals surface area (Å²) in [4.78, 5) is 42.3. The van der Waals surface area contributed by atoms with Crippen LogP contribution in [0.15, 0.2) is 42.7 Å². The highest BCUT2D eigenvalue weighted by molar-refractivity contribution is 5.96. The lowest BCUT2D eigenvalue weighted by atomic mass is 9.97. The normalized spacial score (nSPS) is 16.5. The van der Waals surface area contributed by atoms with E-state index in [0.29, 0.717) is 30.8 Å². The molecule has 0 aliphatic carbocycles. The summed E-state index contributed by atoms with van der Waals surface area (Å²) < 4.78 is 5.11. The number of ketones is 1. The van der Waals surface area contributed by atoms with Gasteiger partial charge in [0, 0.05) is 36.6 Å². The zero-order valence-corrected chi connectivity index (χ0v) is 16.2. The molecule has 3 rings (SSSR count). The summed E-state index contributed by atoms with van der Waals surface area (Å²) >= 11 is 0. The first-order chi connectivity index (χ1) is 13.5. The Morgan fingerprint density at radius 1 is 1.11 bits per heavy atom. The summed E-state index contributed by atoms with van der Waals surface area (Å²) in [5.41, 5.74) is 2.81. The fourth-order valence-electron chi connectivity index (χ4n) is 3.41. The van der Waals surface area contributed by atoms with E-state index in [1.165, 1.54) is 6.92 Å². The van der Waals surface area contributed by atoms with E-state index in [4.69, 9.17) is 4.74 Å². The molecule has 1 atom stereocenters. The highest BCUT2D eigenvalue weighted by atomic mass is 16.5. The number of hydrogen-bond donors (Lipinski definition) is 0. The Bertz CT molecular complexity index is 876. The molecular weight excluding hydrogens is 356 g/mol. The van der Waals surface area contributed by atoms with Crippen molar-refractivity contribution in [3.63, 3.8) is 0 Å². The minimum atomic E-state index is -0.270. The number of rotatable bonds is 5. The minimum Gasteiger partial charge on any atom is -0.466 e. The second-order valence-corrected chi connectivity index (χ2v) is 6.94. The number of Topliss-reactive ketones (excluding diaryl/α,β-unsaturated/α-hetero) is 1. The summed E-state index contributed by atoms with van der Waals surface area (Å²) in [5, 5.41) is 0. The van der Waals surface area contributed by atoms with Crippen molar-refractivity contribution in [1.82, 2.24) is 9.88 Å². The molecule has 0 bridgehead atoms. The molecule has 1 aliphatic rings. The zero-order valence-electron chi connectivity index (χ0n) is 16.2. The molecule has 1 amide bonds. The van der Waals surface area contributed by atoms with E-state index < -0.39 is 0 Å². The first-order valence-electron chi connectivity index (χ1n) is 9.52. The highest BCUT2D eigenvalue weighted by Gasteiger charge is 2.30. The van der Waals surface area contributed by atoms with Gasteiger partial charge in [-0.15, -0.1) is 0 Å². The van der Waals surface area contributed by atoms with Crippen molar-refractivity contribution >= 4 is 17.7 Å². The van der Waals surface area contributed by atoms with E-state index in [1.54, 1.807) is 42.4 Å². The number of esters is 1. The molecule has 0 saturated carbocycles. The number of amides is 1. The number of piperidine rings is 1. The molecule has 1 unspecified atom stereocenters. The number of carbonyl (C=O) groups excluding carboxylic acids is 3. The van der Waals surface area contributed by atoms with Crippen LogP contribution in [-0.2, 0) is 9.53 Å². The molecule has 2 aromatic rings. The van der Waals surface area contributed by atoms with E-state index in [1.807, 2.05) is 12.1 Å². The van der Waals surface area contributed by atoms with Crippen LogP contribution in [0, 0.1) is 5.92 Å². The van der Waals surface area contributed by atoms with Gasteiger partial charge in [0.1, 0.15) is 0 Å². The number of nitrogens with zero attached hydrogens (tertiary/aromatic N) is 2. The molecule has 2 heterocycles. The van der Waals surface area contributed by atoms with Crippen molar-refractivity contribution in [2.75, 3.05) is 19.7 Å². The van der Waals surface area contributed by atoms with Gasteiger partial charge in [-0.25, -0.2) is 0 Å². The number of benzene rings is 1. The van der Waals surface area contributed by atoms with Crippen molar-refractivity contribution in [3.8, 4) is 11.1 Å². The lowest BCUT2D eigenvalue weighted by molar-refractivity contribution is -0.149. The van der Waals surface area contributed by atoms with Crippen molar-refractivity contribution in [2.45, 2.75) is 26.7 Å². The molecule has 0 spiro atoms. The van der Waals surface area contributed by atoms with Gasteiger partial charge in [0.25, 0.3) is 5.91 Å². The Labute approximate surface area is 164 Å². The monoisotopic (exact) mass is 380 g/mol. The summed E-state index contributed by atoms with van der Waals surface area (Å²) in [6.07, 6.45) is 4.75. The third-order valence-electron chi connectivity index (χ3n) is 4.94. The smallest absolute Gasteiger partial charge is 0.310 e. The topological polar surface area (TPSA) is 76.6 Å². The Morgan fingerprint density at radius 3 is 2.54 bits per heavy atom. The van der Waals surface area contributed by atoms with Crippen LogP contribution < -0.4 is 0 Å². The molecule has 1 fully saturated rings. The molecule has 1 aliphatic heterocycles. The predicted octanol–water partition coefficient (Wildman–Crippen LogP) is 3.37. The van der Waals surface area contributed by atoms with Crippen LogP contribution in [0.4, 0.5) is 0 Å². The molecule has 0 radical (unpaired) electrons. The van der Waals surface area contributed by atoms with Gasteiger partial charge in [-0.3, -0.25) is 19.4 Å². The van der Waals surface area contributed by atoms with E-state index in [-0.39, 0.29) is 23.6 Å². The summed E-state index contributed by atoms with van der Waals surface area (Å²) in [6, 6.07) is 9.02. The van der Waals surface area contributed by atoms with Crippen LogP contribution >= 0.6 is 0 Å². The van der Waals surface area contributed by atoms with Gasteiger partial charge in [0.2, 0.25) is 0 Å². The van der Waals surface area contributed by atoms with E-state index in [2.05, 4.69) is 4.98 Å². The molecule has 1 aromatic carbocycles. The van der Waals surface area contributed by atoms with Crippen molar-refractivity contribution < 1.29 is 19.1 Å². The average molecular weight is 380 g/mol. The first kappa shape index (κ1) is 19.7.